The molecule has 0 unspecified atom stereocenters. The fourth-order valence-corrected chi connectivity index (χ4v) is 2.71. The van der Waals surface area contributed by atoms with Gasteiger partial charge in [-0.05, 0) is 32.0 Å². The molecule has 1 heterocycles. The third kappa shape index (κ3) is 4.77. The van der Waals surface area contributed by atoms with Crippen LogP contribution in [0.15, 0.2) is 18.2 Å². The van der Waals surface area contributed by atoms with Gasteiger partial charge in [0.2, 0.25) is 5.91 Å². The first-order chi connectivity index (χ1) is 9.95. The van der Waals surface area contributed by atoms with Gasteiger partial charge in [0.05, 0.1) is 16.6 Å². The van der Waals surface area contributed by atoms with Crippen molar-refractivity contribution < 1.29 is 4.79 Å². The molecular weight excluding hydrogens is 309 g/mol. The van der Waals surface area contributed by atoms with Crippen LogP contribution < -0.4 is 10.2 Å². The van der Waals surface area contributed by atoms with Crippen LogP contribution in [0, 0.1) is 0 Å². The number of benzene rings is 1. The molecule has 0 radical (unpaired) electrons. The number of carbonyl (C=O) groups excluding carboxylic acids is 1. The lowest BCUT2D eigenvalue weighted by molar-refractivity contribution is -0.122. The highest BCUT2D eigenvalue weighted by molar-refractivity contribution is 6.42. The third-order valence-corrected chi connectivity index (χ3v) is 4.20. The second-order valence-corrected chi connectivity index (χ2v) is 6.40. The Morgan fingerprint density at radius 2 is 1.86 bits per heavy atom. The predicted molar refractivity (Wildman–Crippen MR) is 88.4 cm³/mol. The zero-order chi connectivity index (χ0) is 15.4. The van der Waals surface area contributed by atoms with Crippen molar-refractivity contribution in [2.24, 2.45) is 0 Å². The number of hydrogen-bond acceptors (Lipinski definition) is 3. The standard InChI is InChI=1S/C15H21Cl2N3O/c1-11(2)18-15(21)10-19-5-7-20(8-6-19)12-3-4-13(16)14(17)9-12/h3-4,9,11H,5-8,10H2,1-2H3,(H,18,21). The predicted octanol–water partition coefficient (Wildman–Crippen LogP) is 2.64. The summed E-state index contributed by atoms with van der Waals surface area (Å²) in [6.07, 6.45) is 0. The lowest BCUT2D eigenvalue weighted by Crippen LogP contribution is -2.50. The number of anilines is 1. The fraction of sp³-hybridized carbons (Fsp3) is 0.533. The highest BCUT2D eigenvalue weighted by Gasteiger charge is 2.19. The van der Waals surface area contributed by atoms with Crippen LogP contribution in [0.5, 0.6) is 0 Å². The van der Waals surface area contributed by atoms with Gasteiger partial charge in [0, 0.05) is 37.9 Å². The zero-order valence-corrected chi connectivity index (χ0v) is 13.9. The van der Waals surface area contributed by atoms with E-state index in [1.165, 1.54) is 0 Å². The quantitative estimate of drug-likeness (QED) is 0.922. The van der Waals surface area contributed by atoms with E-state index in [0.29, 0.717) is 16.6 Å². The summed E-state index contributed by atoms with van der Waals surface area (Å²) in [4.78, 5) is 16.2. The van der Waals surface area contributed by atoms with Crippen LogP contribution in [0.25, 0.3) is 0 Å². The average molecular weight is 330 g/mol. The molecule has 1 fully saturated rings. The summed E-state index contributed by atoms with van der Waals surface area (Å²) >= 11 is 12.0. The van der Waals surface area contributed by atoms with Crippen molar-refractivity contribution >= 4 is 34.8 Å². The van der Waals surface area contributed by atoms with E-state index in [0.717, 1.165) is 31.9 Å². The molecule has 6 heteroatoms. The van der Waals surface area contributed by atoms with Gasteiger partial charge in [0.1, 0.15) is 0 Å². The monoisotopic (exact) mass is 329 g/mol. The Hall–Kier alpha value is -0.970. The van der Waals surface area contributed by atoms with Crippen LogP contribution in [0.2, 0.25) is 10.0 Å². The molecule has 0 spiro atoms. The van der Waals surface area contributed by atoms with Gasteiger partial charge in [-0.1, -0.05) is 23.2 Å². The molecule has 1 aromatic carbocycles. The first-order valence-corrected chi connectivity index (χ1v) is 7.93. The van der Waals surface area contributed by atoms with E-state index in [9.17, 15) is 4.79 Å². The van der Waals surface area contributed by atoms with Gasteiger partial charge in [-0.25, -0.2) is 0 Å². The zero-order valence-electron chi connectivity index (χ0n) is 12.4. The fourth-order valence-electron chi connectivity index (χ4n) is 2.42. The van der Waals surface area contributed by atoms with Crippen LogP contribution in [0.3, 0.4) is 0 Å². The molecular formula is C15H21Cl2N3O. The molecule has 1 aliphatic heterocycles. The lowest BCUT2D eigenvalue weighted by Gasteiger charge is -2.36. The van der Waals surface area contributed by atoms with E-state index < -0.39 is 0 Å². The number of piperazine rings is 1. The summed E-state index contributed by atoms with van der Waals surface area (Å²) < 4.78 is 0. The van der Waals surface area contributed by atoms with Gasteiger partial charge in [-0.15, -0.1) is 0 Å². The molecule has 0 saturated carbocycles. The lowest BCUT2D eigenvalue weighted by atomic mass is 10.2. The van der Waals surface area contributed by atoms with Crippen molar-refractivity contribution in [2.75, 3.05) is 37.6 Å². The van der Waals surface area contributed by atoms with Crippen molar-refractivity contribution in [3.8, 4) is 0 Å². The van der Waals surface area contributed by atoms with Crippen molar-refractivity contribution in [3.05, 3.63) is 28.2 Å². The minimum absolute atomic E-state index is 0.0907. The van der Waals surface area contributed by atoms with E-state index in [1.807, 2.05) is 32.0 Å². The molecule has 0 aliphatic carbocycles. The highest BCUT2D eigenvalue weighted by Crippen LogP contribution is 2.27. The summed E-state index contributed by atoms with van der Waals surface area (Å²) in [7, 11) is 0. The van der Waals surface area contributed by atoms with Gasteiger partial charge in [0.15, 0.2) is 0 Å². The Labute approximate surface area is 136 Å². The average Bonchev–Trinajstić information content (AvgIpc) is 2.42. The number of hydrogen-bond donors (Lipinski definition) is 1. The summed E-state index contributed by atoms with van der Waals surface area (Å²) in [6.45, 7) is 7.91. The van der Waals surface area contributed by atoms with Crippen LogP contribution in [-0.2, 0) is 4.79 Å². The molecule has 21 heavy (non-hydrogen) atoms. The largest absolute Gasteiger partial charge is 0.369 e. The molecule has 4 nitrogen and oxygen atoms in total. The Kier molecular flexibility index (Phi) is 5.73. The maximum absolute atomic E-state index is 11.8. The first-order valence-electron chi connectivity index (χ1n) is 7.17. The van der Waals surface area contributed by atoms with Gasteiger partial charge in [-0.2, -0.15) is 0 Å². The Morgan fingerprint density at radius 3 is 2.43 bits per heavy atom. The van der Waals surface area contributed by atoms with E-state index in [1.54, 1.807) is 0 Å². The van der Waals surface area contributed by atoms with E-state index in [2.05, 4.69) is 15.1 Å². The summed E-state index contributed by atoms with van der Waals surface area (Å²) in [5.74, 6) is 0.0907. The van der Waals surface area contributed by atoms with Gasteiger partial charge in [0.25, 0.3) is 0 Å². The van der Waals surface area contributed by atoms with Crippen LogP contribution in [0.1, 0.15) is 13.8 Å². The maximum atomic E-state index is 11.8. The Bertz CT molecular complexity index is 500. The summed E-state index contributed by atoms with van der Waals surface area (Å²) in [5, 5.41) is 4.07. The minimum Gasteiger partial charge on any atom is -0.369 e. The SMILES string of the molecule is CC(C)NC(=O)CN1CCN(c2ccc(Cl)c(Cl)c2)CC1. The van der Waals surface area contributed by atoms with Gasteiger partial charge < -0.3 is 10.2 Å². The van der Waals surface area contributed by atoms with Crippen molar-refractivity contribution in [1.82, 2.24) is 10.2 Å². The number of rotatable bonds is 4. The first kappa shape index (κ1) is 16.4. The molecule has 2 rings (SSSR count). The minimum atomic E-state index is 0.0907. The van der Waals surface area contributed by atoms with Crippen molar-refractivity contribution in [1.29, 1.82) is 0 Å². The number of nitrogens with zero attached hydrogens (tertiary/aromatic N) is 2. The normalized spacial score (nSPS) is 16.3. The van der Waals surface area contributed by atoms with Crippen LogP contribution in [0.4, 0.5) is 5.69 Å². The van der Waals surface area contributed by atoms with Gasteiger partial charge in [-0.3, -0.25) is 9.69 Å². The number of nitrogens with one attached hydrogen (secondary N) is 1. The van der Waals surface area contributed by atoms with Crippen molar-refractivity contribution in [3.63, 3.8) is 0 Å². The molecule has 116 valence electrons. The smallest absolute Gasteiger partial charge is 0.234 e. The molecule has 1 aromatic rings. The van der Waals surface area contributed by atoms with E-state index >= 15 is 0 Å². The summed E-state index contributed by atoms with van der Waals surface area (Å²) in [6, 6.07) is 5.89. The molecule has 1 saturated heterocycles. The molecule has 0 atom stereocenters. The third-order valence-electron chi connectivity index (χ3n) is 3.46. The second kappa shape index (κ2) is 7.34. The molecule has 1 amide bonds. The molecule has 1 aliphatic rings. The second-order valence-electron chi connectivity index (χ2n) is 5.58. The van der Waals surface area contributed by atoms with Gasteiger partial charge >= 0.3 is 0 Å². The molecule has 0 aromatic heterocycles. The highest BCUT2D eigenvalue weighted by atomic mass is 35.5. The number of halogens is 2. The molecule has 0 bridgehead atoms. The van der Waals surface area contributed by atoms with Crippen molar-refractivity contribution in [2.45, 2.75) is 19.9 Å². The van der Waals surface area contributed by atoms with Crippen LogP contribution in [-0.4, -0.2) is 49.6 Å². The molecule has 1 N–H and O–H groups in total. The maximum Gasteiger partial charge on any atom is 0.234 e. The summed E-state index contributed by atoms with van der Waals surface area (Å²) in [5.41, 5.74) is 1.08. The number of carbonyl (C=O) groups is 1. The Balaban J connectivity index is 1.85. The van der Waals surface area contributed by atoms with E-state index in [4.69, 9.17) is 23.2 Å². The Morgan fingerprint density at radius 1 is 1.19 bits per heavy atom. The van der Waals surface area contributed by atoms with Crippen LogP contribution >= 0.6 is 23.2 Å². The van der Waals surface area contributed by atoms with E-state index in [-0.39, 0.29) is 11.9 Å². The number of amides is 1. The topological polar surface area (TPSA) is 35.6 Å².